The quantitative estimate of drug-likeness (QED) is 0.861. The Morgan fingerprint density at radius 1 is 1.32 bits per heavy atom. The van der Waals surface area contributed by atoms with Crippen molar-refractivity contribution >= 4 is 10.0 Å². The number of ether oxygens (including phenoxy) is 1. The summed E-state index contributed by atoms with van der Waals surface area (Å²) in [6.45, 7) is 3.87. The van der Waals surface area contributed by atoms with Crippen molar-refractivity contribution in [3.05, 3.63) is 36.7 Å². The maximum Gasteiger partial charge on any atom is 0.237 e. The van der Waals surface area contributed by atoms with Crippen molar-refractivity contribution in [2.45, 2.75) is 20.0 Å². The zero-order valence-electron chi connectivity index (χ0n) is 11.1. The average molecular weight is 280 g/mol. The fourth-order valence-corrected chi connectivity index (χ4v) is 2.48. The van der Waals surface area contributed by atoms with Crippen LogP contribution in [0.3, 0.4) is 0 Å². The summed E-state index contributed by atoms with van der Waals surface area (Å²) in [5.41, 5.74) is 0.702. The number of nitrogens with zero attached hydrogens (tertiary/aromatic N) is 2. The average Bonchev–Trinajstić information content (AvgIpc) is 2.76. The fraction of sp³-hybridized carbons (Fsp3) is 0.308. The highest BCUT2D eigenvalue weighted by atomic mass is 32.2. The first kappa shape index (κ1) is 13.6. The van der Waals surface area contributed by atoms with E-state index in [2.05, 4.69) is 4.98 Å². The molecule has 0 saturated carbocycles. The van der Waals surface area contributed by atoms with Gasteiger partial charge in [0.1, 0.15) is 5.75 Å². The molecular formula is C13H16N2O3S. The lowest BCUT2D eigenvalue weighted by Gasteiger charge is -2.11. The summed E-state index contributed by atoms with van der Waals surface area (Å²) in [7, 11) is -3.36. The molecule has 1 aromatic heterocycles. The second kappa shape index (κ2) is 5.05. The van der Waals surface area contributed by atoms with Gasteiger partial charge in [0.2, 0.25) is 10.0 Å². The minimum absolute atomic E-state index is 0.0601. The molecule has 0 unspecified atom stereocenters. The molecule has 19 heavy (non-hydrogen) atoms. The molecule has 0 fully saturated rings. The van der Waals surface area contributed by atoms with E-state index in [1.54, 1.807) is 12.1 Å². The van der Waals surface area contributed by atoms with Crippen LogP contribution in [0.25, 0.3) is 11.4 Å². The second-order valence-electron chi connectivity index (χ2n) is 4.50. The lowest BCUT2D eigenvalue weighted by molar-refractivity contribution is 0.242. The van der Waals surface area contributed by atoms with Crippen LogP contribution in [0.1, 0.15) is 13.8 Å². The van der Waals surface area contributed by atoms with E-state index in [0.717, 1.165) is 10.2 Å². The van der Waals surface area contributed by atoms with Gasteiger partial charge in [-0.25, -0.2) is 17.4 Å². The number of hydrogen-bond donors (Lipinski definition) is 0. The fourth-order valence-electron chi connectivity index (χ4n) is 1.74. The first-order valence-electron chi connectivity index (χ1n) is 5.89. The summed E-state index contributed by atoms with van der Waals surface area (Å²) in [4.78, 5) is 4.10. The van der Waals surface area contributed by atoms with E-state index in [1.807, 2.05) is 26.0 Å². The van der Waals surface area contributed by atoms with Gasteiger partial charge in [-0.05, 0) is 26.0 Å². The molecule has 0 radical (unpaired) electrons. The summed E-state index contributed by atoms with van der Waals surface area (Å²) in [6.07, 6.45) is 4.10. The largest absolute Gasteiger partial charge is 0.491 e. The number of hydrogen-bond acceptors (Lipinski definition) is 4. The van der Waals surface area contributed by atoms with Crippen molar-refractivity contribution in [1.29, 1.82) is 0 Å². The van der Waals surface area contributed by atoms with Crippen LogP contribution in [0.15, 0.2) is 36.7 Å². The van der Waals surface area contributed by atoms with E-state index in [0.29, 0.717) is 17.1 Å². The molecule has 5 nitrogen and oxygen atoms in total. The Balaban J connectivity index is 2.46. The van der Waals surface area contributed by atoms with Gasteiger partial charge in [0.25, 0.3) is 0 Å². The van der Waals surface area contributed by atoms with Crippen LogP contribution in [-0.2, 0) is 10.0 Å². The van der Waals surface area contributed by atoms with Gasteiger partial charge in [-0.2, -0.15) is 0 Å². The topological polar surface area (TPSA) is 61.2 Å². The maximum absolute atomic E-state index is 11.6. The molecule has 1 aromatic carbocycles. The molecule has 102 valence electrons. The highest BCUT2D eigenvalue weighted by Crippen LogP contribution is 2.24. The molecule has 0 N–H and O–H groups in total. The summed E-state index contributed by atoms with van der Waals surface area (Å²) < 4.78 is 30.0. The molecule has 2 rings (SSSR count). The normalized spacial score (nSPS) is 11.8. The molecule has 2 aromatic rings. The molecule has 0 bridgehead atoms. The number of benzene rings is 1. The highest BCUT2D eigenvalue weighted by Gasteiger charge is 2.14. The zero-order valence-corrected chi connectivity index (χ0v) is 11.9. The standard InChI is InChI=1S/C13H16N2O3S/c1-10(2)18-12-6-4-5-11(9-12)13-14-7-8-15(13)19(3,16)17/h4-10H,1-3H3. The minimum Gasteiger partial charge on any atom is -0.491 e. The Bertz CT molecular complexity index is 675. The first-order chi connectivity index (χ1) is 8.88. The maximum atomic E-state index is 11.6. The van der Waals surface area contributed by atoms with E-state index in [1.165, 1.54) is 12.4 Å². The molecule has 0 spiro atoms. The van der Waals surface area contributed by atoms with Gasteiger partial charge in [-0.1, -0.05) is 12.1 Å². The Hall–Kier alpha value is -1.82. The molecular weight excluding hydrogens is 264 g/mol. The van der Waals surface area contributed by atoms with Crippen molar-refractivity contribution < 1.29 is 13.2 Å². The number of imidazole rings is 1. The molecule has 0 aliphatic heterocycles. The van der Waals surface area contributed by atoms with Crippen LogP contribution in [0.4, 0.5) is 0 Å². The Morgan fingerprint density at radius 3 is 2.68 bits per heavy atom. The van der Waals surface area contributed by atoms with E-state index >= 15 is 0 Å². The van der Waals surface area contributed by atoms with Crippen molar-refractivity contribution in [3.63, 3.8) is 0 Å². The van der Waals surface area contributed by atoms with E-state index in [4.69, 9.17) is 4.74 Å². The minimum atomic E-state index is -3.36. The summed E-state index contributed by atoms with van der Waals surface area (Å²) in [6, 6.07) is 7.23. The van der Waals surface area contributed by atoms with Crippen LogP contribution in [0, 0.1) is 0 Å². The molecule has 0 amide bonds. The van der Waals surface area contributed by atoms with E-state index in [9.17, 15) is 8.42 Å². The molecule has 0 saturated heterocycles. The molecule has 0 atom stereocenters. The zero-order chi connectivity index (χ0) is 14.0. The van der Waals surface area contributed by atoms with Gasteiger partial charge >= 0.3 is 0 Å². The molecule has 1 heterocycles. The van der Waals surface area contributed by atoms with E-state index < -0.39 is 10.0 Å². The molecule has 0 aliphatic carbocycles. The predicted molar refractivity (Wildman–Crippen MR) is 73.7 cm³/mol. The number of aromatic nitrogens is 2. The predicted octanol–water partition coefficient (Wildman–Crippen LogP) is 2.14. The first-order valence-corrected chi connectivity index (χ1v) is 7.74. The summed E-state index contributed by atoms with van der Waals surface area (Å²) in [5, 5.41) is 0. The van der Waals surface area contributed by atoms with Crippen molar-refractivity contribution in [3.8, 4) is 17.1 Å². The third kappa shape index (κ3) is 3.14. The van der Waals surface area contributed by atoms with Crippen molar-refractivity contribution in [2.75, 3.05) is 6.26 Å². The Morgan fingerprint density at radius 2 is 2.05 bits per heavy atom. The third-order valence-electron chi connectivity index (χ3n) is 2.43. The van der Waals surface area contributed by atoms with Gasteiger partial charge in [-0.3, -0.25) is 0 Å². The van der Waals surface area contributed by atoms with Crippen LogP contribution < -0.4 is 4.74 Å². The van der Waals surface area contributed by atoms with E-state index in [-0.39, 0.29) is 6.10 Å². The molecule has 6 heteroatoms. The summed E-state index contributed by atoms with van der Waals surface area (Å²) in [5.74, 6) is 1.08. The van der Waals surface area contributed by atoms with Gasteiger partial charge < -0.3 is 4.74 Å². The van der Waals surface area contributed by atoms with Crippen molar-refractivity contribution in [2.24, 2.45) is 0 Å². The SMILES string of the molecule is CC(C)Oc1cccc(-c2nccn2S(C)(=O)=O)c1. The second-order valence-corrected chi connectivity index (χ2v) is 6.36. The van der Waals surface area contributed by atoms with Gasteiger partial charge in [-0.15, -0.1) is 0 Å². The van der Waals surface area contributed by atoms with Gasteiger partial charge in [0.05, 0.1) is 12.4 Å². The summed E-state index contributed by atoms with van der Waals surface area (Å²) >= 11 is 0. The monoisotopic (exact) mass is 280 g/mol. The van der Waals surface area contributed by atoms with Crippen LogP contribution in [-0.4, -0.2) is 29.7 Å². The Labute approximate surface area is 112 Å². The lowest BCUT2D eigenvalue weighted by Crippen LogP contribution is -2.10. The van der Waals surface area contributed by atoms with Crippen LogP contribution >= 0.6 is 0 Å². The van der Waals surface area contributed by atoms with Crippen LogP contribution in [0.5, 0.6) is 5.75 Å². The van der Waals surface area contributed by atoms with Gasteiger partial charge in [0, 0.05) is 18.0 Å². The third-order valence-corrected chi connectivity index (χ3v) is 3.44. The lowest BCUT2D eigenvalue weighted by atomic mass is 10.2. The highest BCUT2D eigenvalue weighted by molar-refractivity contribution is 7.89. The van der Waals surface area contributed by atoms with Crippen LogP contribution in [0.2, 0.25) is 0 Å². The van der Waals surface area contributed by atoms with Gasteiger partial charge in [0.15, 0.2) is 5.82 Å². The number of rotatable bonds is 4. The Kier molecular flexibility index (Phi) is 3.61. The smallest absolute Gasteiger partial charge is 0.237 e. The van der Waals surface area contributed by atoms with Crippen molar-refractivity contribution in [1.82, 2.24) is 8.96 Å². The molecule has 0 aliphatic rings.